The van der Waals surface area contributed by atoms with Gasteiger partial charge in [0.1, 0.15) is 11.5 Å². The first kappa shape index (κ1) is 17.3. The Morgan fingerprint density at radius 3 is 2.80 bits per heavy atom. The van der Waals surface area contributed by atoms with Gasteiger partial charge < -0.3 is 15.1 Å². The summed E-state index contributed by atoms with van der Waals surface area (Å²) in [5.41, 5.74) is 3.14. The van der Waals surface area contributed by atoms with Gasteiger partial charge in [-0.1, -0.05) is 24.3 Å². The van der Waals surface area contributed by atoms with Crippen LogP contribution in [0.1, 0.15) is 22.5 Å². The first-order valence-electron chi connectivity index (χ1n) is 8.78. The van der Waals surface area contributed by atoms with Gasteiger partial charge in [-0.15, -0.1) is 0 Å². The molecule has 0 aliphatic carbocycles. The predicted octanol–water partition coefficient (Wildman–Crippen LogP) is 3.03. The van der Waals surface area contributed by atoms with E-state index in [0.717, 1.165) is 31.9 Å². The summed E-state index contributed by atoms with van der Waals surface area (Å²) >= 11 is 0. The van der Waals surface area contributed by atoms with Crippen molar-refractivity contribution in [3.8, 4) is 0 Å². The highest BCUT2D eigenvalue weighted by Crippen LogP contribution is 2.26. The fraction of sp³-hybridized carbons (Fsp3) is 0.400. The molecule has 1 aliphatic rings. The Kier molecular flexibility index (Phi) is 5.22. The summed E-state index contributed by atoms with van der Waals surface area (Å²) in [5.74, 6) is 1.27. The van der Waals surface area contributed by atoms with Gasteiger partial charge in [-0.05, 0) is 43.0 Å². The molecule has 1 amide bonds. The van der Waals surface area contributed by atoms with Gasteiger partial charge in [0.05, 0.1) is 0 Å². The summed E-state index contributed by atoms with van der Waals surface area (Å²) < 4.78 is 0. The van der Waals surface area contributed by atoms with E-state index in [1.165, 1.54) is 11.3 Å². The highest BCUT2D eigenvalue weighted by Gasteiger charge is 2.23. The highest BCUT2D eigenvalue weighted by molar-refractivity contribution is 5.92. The standard InChI is InChI=1S/C20H26N4O/c1-15-7-4-5-9-18(15)24-12-11-16(14-24)13-21-19-10-6-8-17(22-19)20(25)23(2)3/h4-10,16H,11-14H2,1-3H3,(H,21,22). The zero-order chi connectivity index (χ0) is 17.8. The Bertz CT molecular complexity index is 744. The molecule has 2 heterocycles. The van der Waals surface area contributed by atoms with Gasteiger partial charge in [-0.25, -0.2) is 4.98 Å². The second kappa shape index (κ2) is 7.55. The Hall–Kier alpha value is -2.56. The fourth-order valence-corrected chi connectivity index (χ4v) is 3.27. The number of carbonyl (C=O) groups excluding carboxylic acids is 1. The second-order valence-electron chi connectivity index (χ2n) is 6.88. The quantitative estimate of drug-likeness (QED) is 0.910. The lowest BCUT2D eigenvalue weighted by Crippen LogP contribution is -2.24. The summed E-state index contributed by atoms with van der Waals surface area (Å²) in [6.07, 6.45) is 1.16. The molecule has 25 heavy (non-hydrogen) atoms. The van der Waals surface area contributed by atoms with E-state index in [-0.39, 0.29) is 5.91 Å². The number of nitrogens with zero attached hydrogens (tertiary/aromatic N) is 3. The fourth-order valence-electron chi connectivity index (χ4n) is 3.27. The number of nitrogens with one attached hydrogen (secondary N) is 1. The third kappa shape index (κ3) is 4.10. The maximum Gasteiger partial charge on any atom is 0.272 e. The van der Waals surface area contributed by atoms with Crippen molar-refractivity contribution in [2.45, 2.75) is 13.3 Å². The lowest BCUT2D eigenvalue weighted by molar-refractivity contribution is 0.0822. The van der Waals surface area contributed by atoms with Crippen LogP contribution in [0.15, 0.2) is 42.5 Å². The lowest BCUT2D eigenvalue weighted by atomic mass is 10.1. The minimum absolute atomic E-state index is 0.0738. The number of pyridine rings is 1. The molecule has 3 rings (SSSR count). The molecule has 0 saturated carbocycles. The molecule has 1 fully saturated rings. The van der Waals surface area contributed by atoms with E-state index in [1.54, 1.807) is 25.1 Å². The summed E-state index contributed by atoms with van der Waals surface area (Å²) in [6, 6.07) is 14.1. The summed E-state index contributed by atoms with van der Waals surface area (Å²) in [4.78, 5) is 20.5. The van der Waals surface area contributed by atoms with Crippen molar-refractivity contribution in [1.82, 2.24) is 9.88 Å². The molecular weight excluding hydrogens is 312 g/mol. The van der Waals surface area contributed by atoms with E-state index < -0.39 is 0 Å². The number of benzene rings is 1. The molecule has 1 N–H and O–H groups in total. The number of hydrogen-bond acceptors (Lipinski definition) is 4. The van der Waals surface area contributed by atoms with Gasteiger partial charge in [-0.3, -0.25) is 4.79 Å². The Labute approximate surface area is 149 Å². The average Bonchev–Trinajstić information content (AvgIpc) is 3.08. The molecule has 1 unspecified atom stereocenters. The van der Waals surface area contributed by atoms with Gasteiger partial charge in [0.15, 0.2) is 0 Å². The smallest absolute Gasteiger partial charge is 0.272 e. The number of aromatic nitrogens is 1. The largest absolute Gasteiger partial charge is 0.371 e. The van der Waals surface area contributed by atoms with Crippen molar-refractivity contribution in [2.75, 3.05) is 43.9 Å². The maximum absolute atomic E-state index is 12.0. The number of hydrogen-bond donors (Lipinski definition) is 1. The van der Waals surface area contributed by atoms with E-state index in [2.05, 4.69) is 46.4 Å². The molecule has 0 spiro atoms. The molecule has 5 heteroatoms. The van der Waals surface area contributed by atoms with Crippen molar-refractivity contribution in [2.24, 2.45) is 5.92 Å². The van der Waals surface area contributed by atoms with Gasteiger partial charge in [-0.2, -0.15) is 0 Å². The number of anilines is 2. The van der Waals surface area contributed by atoms with E-state index in [4.69, 9.17) is 0 Å². The van der Waals surface area contributed by atoms with Crippen LogP contribution >= 0.6 is 0 Å². The summed E-state index contributed by atoms with van der Waals surface area (Å²) in [7, 11) is 3.48. The van der Waals surface area contributed by atoms with Crippen LogP contribution < -0.4 is 10.2 Å². The van der Waals surface area contributed by atoms with Crippen LogP contribution in [0.5, 0.6) is 0 Å². The normalized spacial score (nSPS) is 16.8. The van der Waals surface area contributed by atoms with Crippen molar-refractivity contribution < 1.29 is 4.79 Å². The van der Waals surface area contributed by atoms with E-state index in [0.29, 0.717) is 11.6 Å². The number of aryl methyl sites for hydroxylation is 1. The van der Waals surface area contributed by atoms with Gasteiger partial charge in [0.2, 0.25) is 0 Å². The lowest BCUT2D eigenvalue weighted by Gasteiger charge is -2.21. The second-order valence-corrected chi connectivity index (χ2v) is 6.88. The Balaban J connectivity index is 1.57. The van der Waals surface area contributed by atoms with Crippen LogP contribution in [0.4, 0.5) is 11.5 Å². The van der Waals surface area contributed by atoms with Crippen LogP contribution in [0, 0.1) is 12.8 Å². The first-order chi connectivity index (χ1) is 12.0. The van der Waals surface area contributed by atoms with Crippen LogP contribution in [-0.4, -0.2) is 49.5 Å². The molecule has 132 valence electrons. The predicted molar refractivity (Wildman–Crippen MR) is 102 cm³/mol. The minimum Gasteiger partial charge on any atom is -0.371 e. The number of carbonyl (C=O) groups is 1. The summed E-state index contributed by atoms with van der Waals surface area (Å²) in [6.45, 7) is 5.17. The first-order valence-corrected chi connectivity index (χ1v) is 8.78. The van der Waals surface area contributed by atoms with Gasteiger partial charge in [0.25, 0.3) is 5.91 Å². The zero-order valence-electron chi connectivity index (χ0n) is 15.2. The van der Waals surface area contributed by atoms with Crippen molar-refractivity contribution in [3.63, 3.8) is 0 Å². The van der Waals surface area contributed by atoms with Crippen LogP contribution in [0.25, 0.3) is 0 Å². The van der Waals surface area contributed by atoms with Crippen molar-refractivity contribution in [3.05, 3.63) is 53.7 Å². The van der Waals surface area contributed by atoms with Gasteiger partial charge in [0, 0.05) is 39.4 Å². The Morgan fingerprint density at radius 1 is 1.24 bits per heavy atom. The SMILES string of the molecule is Cc1ccccc1N1CCC(CNc2cccc(C(=O)N(C)C)n2)C1. The monoisotopic (exact) mass is 338 g/mol. The molecule has 1 saturated heterocycles. The molecular formula is C20H26N4O. The number of para-hydroxylation sites is 1. The van der Waals surface area contributed by atoms with Crippen molar-refractivity contribution in [1.29, 1.82) is 0 Å². The Morgan fingerprint density at radius 2 is 2.04 bits per heavy atom. The number of amides is 1. The van der Waals surface area contributed by atoms with Crippen LogP contribution in [0.3, 0.4) is 0 Å². The minimum atomic E-state index is -0.0738. The van der Waals surface area contributed by atoms with E-state index in [9.17, 15) is 4.79 Å². The molecule has 1 aromatic heterocycles. The number of rotatable bonds is 5. The average molecular weight is 338 g/mol. The van der Waals surface area contributed by atoms with E-state index >= 15 is 0 Å². The molecule has 0 radical (unpaired) electrons. The van der Waals surface area contributed by atoms with E-state index in [1.807, 2.05) is 12.1 Å². The zero-order valence-corrected chi connectivity index (χ0v) is 15.2. The highest BCUT2D eigenvalue weighted by atomic mass is 16.2. The molecule has 1 aromatic carbocycles. The molecule has 0 bridgehead atoms. The van der Waals surface area contributed by atoms with Crippen LogP contribution in [-0.2, 0) is 0 Å². The third-order valence-corrected chi connectivity index (χ3v) is 4.69. The topological polar surface area (TPSA) is 48.5 Å². The molecule has 1 aliphatic heterocycles. The molecule has 2 aromatic rings. The maximum atomic E-state index is 12.0. The molecule has 5 nitrogen and oxygen atoms in total. The third-order valence-electron chi connectivity index (χ3n) is 4.69. The summed E-state index contributed by atoms with van der Waals surface area (Å²) in [5, 5.41) is 3.40. The van der Waals surface area contributed by atoms with Gasteiger partial charge >= 0.3 is 0 Å². The van der Waals surface area contributed by atoms with Crippen LogP contribution in [0.2, 0.25) is 0 Å². The molecule has 1 atom stereocenters. The van der Waals surface area contributed by atoms with Crippen molar-refractivity contribution >= 4 is 17.4 Å².